The summed E-state index contributed by atoms with van der Waals surface area (Å²) >= 11 is 0. The number of hydrogen-bond acceptors (Lipinski definition) is 4. The predicted octanol–water partition coefficient (Wildman–Crippen LogP) is 1.76. The fourth-order valence-electron chi connectivity index (χ4n) is 2.56. The number of hydrogen-bond donors (Lipinski definition) is 2. The first kappa shape index (κ1) is 15.3. The summed E-state index contributed by atoms with van der Waals surface area (Å²) in [4.78, 5) is 21.5. The van der Waals surface area contributed by atoms with E-state index < -0.39 is 33.7 Å². The van der Waals surface area contributed by atoms with Crippen molar-refractivity contribution in [2.24, 2.45) is 5.92 Å². The number of nitrogens with zero attached hydrogens (tertiary/aromatic N) is 1. The summed E-state index contributed by atoms with van der Waals surface area (Å²) in [5, 5.41) is 22.3. The van der Waals surface area contributed by atoms with Gasteiger partial charge in [-0.1, -0.05) is 6.42 Å². The molecule has 6 nitrogen and oxygen atoms in total. The number of carbonyl (C=O) groups is 1. The van der Waals surface area contributed by atoms with Crippen molar-refractivity contribution in [1.29, 1.82) is 0 Å². The zero-order valence-electron chi connectivity index (χ0n) is 11.0. The summed E-state index contributed by atoms with van der Waals surface area (Å²) in [5.74, 6) is -3.48. The highest BCUT2D eigenvalue weighted by Gasteiger charge is 2.30. The van der Waals surface area contributed by atoms with Gasteiger partial charge in [0.1, 0.15) is 5.82 Å². The van der Waals surface area contributed by atoms with Crippen molar-refractivity contribution in [3.05, 3.63) is 39.4 Å². The van der Waals surface area contributed by atoms with Crippen molar-refractivity contribution in [3.8, 4) is 0 Å². The number of aliphatic hydroxyl groups is 1. The maximum Gasteiger partial charge on any atom is 0.308 e. The zero-order valence-corrected chi connectivity index (χ0v) is 11.0. The van der Waals surface area contributed by atoms with Gasteiger partial charge in [-0.05, 0) is 18.9 Å². The van der Waals surface area contributed by atoms with Crippen molar-refractivity contribution in [1.82, 2.24) is 5.32 Å². The van der Waals surface area contributed by atoms with E-state index in [9.17, 15) is 23.7 Å². The Morgan fingerprint density at radius 2 is 2.14 bits per heavy atom. The number of halogens is 2. The zero-order chi connectivity index (χ0) is 15.6. The van der Waals surface area contributed by atoms with Crippen molar-refractivity contribution < 1.29 is 23.6 Å². The second-order valence-corrected chi connectivity index (χ2v) is 5.00. The molecule has 0 bridgehead atoms. The second-order valence-electron chi connectivity index (χ2n) is 5.00. The second kappa shape index (κ2) is 6.13. The molecule has 2 unspecified atom stereocenters. The van der Waals surface area contributed by atoms with Crippen LogP contribution in [0.2, 0.25) is 0 Å². The first-order valence-electron chi connectivity index (χ1n) is 6.49. The molecule has 0 saturated heterocycles. The molecule has 2 N–H and O–H groups in total. The average molecular weight is 300 g/mol. The SMILES string of the molecule is O=C(NC1CCCC1CO)c1cc(F)cc([N+](=O)[O-])c1F. The molecule has 1 fully saturated rings. The van der Waals surface area contributed by atoms with Gasteiger partial charge >= 0.3 is 5.69 Å². The number of rotatable bonds is 4. The Hall–Kier alpha value is -2.09. The summed E-state index contributed by atoms with van der Waals surface area (Å²) < 4.78 is 27.2. The molecule has 0 spiro atoms. The van der Waals surface area contributed by atoms with Crippen LogP contribution in [0.15, 0.2) is 12.1 Å². The highest BCUT2D eigenvalue weighted by atomic mass is 19.1. The van der Waals surface area contributed by atoms with E-state index in [0.717, 1.165) is 12.8 Å². The molecule has 21 heavy (non-hydrogen) atoms. The fraction of sp³-hybridized carbons (Fsp3) is 0.462. The molecule has 1 aromatic rings. The van der Waals surface area contributed by atoms with Crippen LogP contribution in [0.25, 0.3) is 0 Å². The van der Waals surface area contributed by atoms with Crippen LogP contribution in [0, 0.1) is 27.7 Å². The molecule has 1 aliphatic carbocycles. The lowest BCUT2D eigenvalue weighted by atomic mass is 10.0. The Morgan fingerprint density at radius 3 is 2.76 bits per heavy atom. The lowest BCUT2D eigenvalue weighted by molar-refractivity contribution is -0.387. The molecule has 0 aromatic heterocycles. The molecule has 0 heterocycles. The van der Waals surface area contributed by atoms with Crippen LogP contribution in [-0.2, 0) is 0 Å². The van der Waals surface area contributed by atoms with E-state index >= 15 is 0 Å². The van der Waals surface area contributed by atoms with Gasteiger partial charge in [0.15, 0.2) is 0 Å². The minimum Gasteiger partial charge on any atom is -0.396 e. The van der Waals surface area contributed by atoms with Crippen LogP contribution < -0.4 is 5.32 Å². The van der Waals surface area contributed by atoms with E-state index in [4.69, 9.17) is 5.11 Å². The molecule has 1 saturated carbocycles. The van der Waals surface area contributed by atoms with Crippen LogP contribution >= 0.6 is 0 Å². The number of amides is 1. The molecule has 0 radical (unpaired) electrons. The molecule has 2 atom stereocenters. The summed E-state index contributed by atoms with van der Waals surface area (Å²) in [6.07, 6.45) is 2.16. The Bertz CT molecular complexity index is 580. The molecule has 1 aliphatic rings. The predicted molar refractivity (Wildman–Crippen MR) is 68.7 cm³/mol. The van der Waals surface area contributed by atoms with Crippen LogP contribution in [0.1, 0.15) is 29.6 Å². The third kappa shape index (κ3) is 3.15. The lowest BCUT2D eigenvalue weighted by Gasteiger charge is -2.19. The minimum absolute atomic E-state index is 0.114. The van der Waals surface area contributed by atoms with E-state index in [1.165, 1.54) is 0 Å². The Balaban J connectivity index is 2.25. The summed E-state index contributed by atoms with van der Waals surface area (Å²) in [6.45, 7) is -0.114. The molecule has 1 amide bonds. The highest BCUT2D eigenvalue weighted by molar-refractivity contribution is 5.95. The largest absolute Gasteiger partial charge is 0.396 e. The lowest BCUT2D eigenvalue weighted by Crippen LogP contribution is -2.39. The number of aliphatic hydroxyl groups excluding tert-OH is 1. The Labute approximate surface area is 118 Å². The van der Waals surface area contributed by atoms with E-state index in [0.29, 0.717) is 18.6 Å². The first-order chi connectivity index (χ1) is 9.93. The molecule has 0 aliphatic heterocycles. The van der Waals surface area contributed by atoms with Crippen LogP contribution in [0.5, 0.6) is 0 Å². The third-order valence-electron chi connectivity index (χ3n) is 3.67. The Kier molecular flexibility index (Phi) is 4.46. The molecule has 114 valence electrons. The van der Waals surface area contributed by atoms with Crippen molar-refractivity contribution >= 4 is 11.6 Å². The van der Waals surface area contributed by atoms with Gasteiger partial charge in [-0.25, -0.2) is 4.39 Å². The molecule has 1 aromatic carbocycles. The number of nitro groups is 1. The van der Waals surface area contributed by atoms with Crippen molar-refractivity contribution in [2.45, 2.75) is 25.3 Å². The van der Waals surface area contributed by atoms with Crippen molar-refractivity contribution in [2.75, 3.05) is 6.61 Å². The monoisotopic (exact) mass is 300 g/mol. The van der Waals surface area contributed by atoms with Gasteiger partial charge in [-0.2, -0.15) is 4.39 Å². The molecule has 2 rings (SSSR count). The number of nitrogens with one attached hydrogen (secondary N) is 1. The van der Waals surface area contributed by atoms with Crippen LogP contribution in [-0.4, -0.2) is 28.6 Å². The van der Waals surface area contributed by atoms with Gasteiger partial charge in [-0.3, -0.25) is 14.9 Å². The van der Waals surface area contributed by atoms with Crippen LogP contribution in [0.4, 0.5) is 14.5 Å². The van der Waals surface area contributed by atoms with E-state index in [1.807, 2.05) is 0 Å². The summed E-state index contributed by atoms with van der Waals surface area (Å²) in [5.41, 5.74) is -1.78. The number of benzene rings is 1. The van der Waals surface area contributed by atoms with Gasteiger partial charge in [0.05, 0.1) is 16.6 Å². The highest BCUT2D eigenvalue weighted by Crippen LogP contribution is 2.27. The van der Waals surface area contributed by atoms with E-state index in [1.54, 1.807) is 0 Å². The van der Waals surface area contributed by atoms with Gasteiger partial charge in [0, 0.05) is 18.6 Å². The van der Waals surface area contributed by atoms with Gasteiger partial charge in [0.2, 0.25) is 5.82 Å². The number of carbonyl (C=O) groups excluding carboxylic acids is 1. The maximum absolute atomic E-state index is 13.9. The summed E-state index contributed by atoms with van der Waals surface area (Å²) in [7, 11) is 0. The van der Waals surface area contributed by atoms with Gasteiger partial charge in [-0.15, -0.1) is 0 Å². The normalized spacial score (nSPS) is 21.3. The average Bonchev–Trinajstić information content (AvgIpc) is 2.87. The van der Waals surface area contributed by atoms with Crippen molar-refractivity contribution in [3.63, 3.8) is 0 Å². The maximum atomic E-state index is 13.9. The van der Waals surface area contributed by atoms with E-state index in [2.05, 4.69) is 5.32 Å². The minimum atomic E-state index is -1.36. The molecule has 8 heteroatoms. The third-order valence-corrected chi connectivity index (χ3v) is 3.67. The molecular formula is C13H14F2N2O4. The van der Waals surface area contributed by atoms with Gasteiger partial charge < -0.3 is 10.4 Å². The summed E-state index contributed by atoms with van der Waals surface area (Å²) in [6, 6.07) is 0.711. The van der Waals surface area contributed by atoms with Crippen LogP contribution in [0.3, 0.4) is 0 Å². The Morgan fingerprint density at radius 1 is 1.43 bits per heavy atom. The number of nitro benzene ring substituents is 1. The topological polar surface area (TPSA) is 92.5 Å². The van der Waals surface area contributed by atoms with Gasteiger partial charge in [0.25, 0.3) is 5.91 Å². The smallest absolute Gasteiger partial charge is 0.308 e. The molecular weight excluding hydrogens is 286 g/mol. The fourth-order valence-corrected chi connectivity index (χ4v) is 2.56. The van der Waals surface area contributed by atoms with E-state index in [-0.39, 0.29) is 18.6 Å². The quantitative estimate of drug-likeness (QED) is 0.654. The standard InChI is InChI=1S/C13H14F2N2O4/c14-8-4-9(12(15)11(5-8)17(20)21)13(19)16-10-3-1-2-7(10)6-18/h4-5,7,10,18H,1-3,6H2,(H,16,19). The first-order valence-corrected chi connectivity index (χ1v) is 6.49.